The summed E-state index contributed by atoms with van der Waals surface area (Å²) in [6, 6.07) is 4.32. The summed E-state index contributed by atoms with van der Waals surface area (Å²) in [4.78, 5) is 33.2. The number of hydrogen-bond acceptors (Lipinski definition) is 5. The van der Waals surface area contributed by atoms with Crippen LogP contribution in [-0.2, 0) is 9.53 Å². The van der Waals surface area contributed by atoms with Crippen molar-refractivity contribution in [3.63, 3.8) is 0 Å². The Morgan fingerprint density at radius 3 is 2.60 bits per heavy atom. The summed E-state index contributed by atoms with van der Waals surface area (Å²) in [7, 11) is 0. The van der Waals surface area contributed by atoms with Gasteiger partial charge in [0.1, 0.15) is 5.75 Å². The lowest BCUT2D eigenvalue weighted by molar-refractivity contribution is -0.122. The zero-order valence-electron chi connectivity index (χ0n) is 11.1. The molecule has 0 unspecified atom stereocenters. The van der Waals surface area contributed by atoms with E-state index in [-0.39, 0.29) is 17.9 Å². The predicted molar refractivity (Wildman–Crippen MR) is 68.8 cm³/mol. The maximum absolute atomic E-state index is 11.4. The van der Waals surface area contributed by atoms with Crippen molar-refractivity contribution in [1.82, 2.24) is 5.32 Å². The molecule has 2 amide bonds. The molecule has 0 aliphatic rings. The molecule has 0 heterocycles. The summed E-state index contributed by atoms with van der Waals surface area (Å²) in [5.74, 6) is -1.50. The van der Waals surface area contributed by atoms with Crippen LogP contribution in [-0.4, -0.2) is 36.3 Å². The minimum absolute atomic E-state index is 0.0522. The topological polar surface area (TPSA) is 102 Å². The van der Waals surface area contributed by atoms with E-state index in [1.54, 1.807) is 19.9 Å². The van der Waals surface area contributed by atoms with Gasteiger partial charge in [0.05, 0.1) is 12.2 Å². The van der Waals surface area contributed by atoms with Gasteiger partial charge in [0, 0.05) is 0 Å². The van der Waals surface area contributed by atoms with Gasteiger partial charge in [0.2, 0.25) is 0 Å². The zero-order valence-corrected chi connectivity index (χ0v) is 11.1. The van der Waals surface area contributed by atoms with E-state index in [0.717, 1.165) is 0 Å². The van der Waals surface area contributed by atoms with Crippen molar-refractivity contribution in [2.75, 3.05) is 13.2 Å². The number of amides is 2. The molecule has 0 fully saturated rings. The van der Waals surface area contributed by atoms with E-state index >= 15 is 0 Å². The van der Waals surface area contributed by atoms with Crippen molar-refractivity contribution in [2.24, 2.45) is 0 Å². The number of ether oxygens (including phenoxy) is 2. The van der Waals surface area contributed by atoms with Crippen LogP contribution >= 0.6 is 0 Å². The number of hydrogen-bond donors (Lipinski definition) is 2. The van der Waals surface area contributed by atoms with Gasteiger partial charge in [-0.15, -0.1) is 0 Å². The molecule has 0 saturated heterocycles. The maximum Gasteiger partial charge on any atom is 0.413 e. The van der Waals surface area contributed by atoms with Crippen molar-refractivity contribution in [1.29, 1.82) is 0 Å². The molecule has 2 N–H and O–H groups in total. The molecule has 0 aromatic heterocycles. The molecule has 108 valence electrons. The molecule has 1 aromatic carbocycles. The van der Waals surface area contributed by atoms with E-state index in [1.165, 1.54) is 12.1 Å². The first-order valence-corrected chi connectivity index (χ1v) is 5.87. The Morgan fingerprint density at radius 1 is 1.30 bits per heavy atom. The van der Waals surface area contributed by atoms with Crippen LogP contribution in [0.3, 0.4) is 0 Å². The number of carboxylic acid groups (broad SMARTS) is 1. The van der Waals surface area contributed by atoms with Crippen molar-refractivity contribution in [2.45, 2.75) is 13.8 Å². The Kier molecular flexibility index (Phi) is 5.52. The summed E-state index contributed by atoms with van der Waals surface area (Å²) in [5, 5.41) is 10.8. The first-order valence-electron chi connectivity index (χ1n) is 5.87. The maximum atomic E-state index is 11.4. The average Bonchev–Trinajstić information content (AvgIpc) is 2.37. The molecule has 1 aromatic rings. The van der Waals surface area contributed by atoms with Crippen LogP contribution in [0.25, 0.3) is 0 Å². The van der Waals surface area contributed by atoms with Crippen LogP contribution in [0.15, 0.2) is 18.2 Å². The monoisotopic (exact) mass is 281 g/mol. The van der Waals surface area contributed by atoms with E-state index in [2.05, 4.69) is 4.74 Å². The van der Waals surface area contributed by atoms with Crippen LogP contribution < -0.4 is 10.1 Å². The third-order valence-corrected chi connectivity index (χ3v) is 2.31. The minimum atomic E-state index is -1.09. The second-order valence-electron chi connectivity index (χ2n) is 3.84. The van der Waals surface area contributed by atoms with Gasteiger partial charge in [-0.1, -0.05) is 6.07 Å². The van der Waals surface area contributed by atoms with Crippen LogP contribution in [0.4, 0.5) is 4.79 Å². The number of rotatable bonds is 5. The van der Waals surface area contributed by atoms with E-state index in [9.17, 15) is 14.4 Å². The fourth-order valence-electron chi connectivity index (χ4n) is 1.35. The largest absolute Gasteiger partial charge is 0.483 e. The smallest absolute Gasteiger partial charge is 0.413 e. The number of benzene rings is 1. The molecule has 0 aliphatic heterocycles. The molecule has 20 heavy (non-hydrogen) atoms. The summed E-state index contributed by atoms with van der Waals surface area (Å²) in [6.07, 6.45) is -0.850. The molecule has 7 nitrogen and oxygen atoms in total. The van der Waals surface area contributed by atoms with Gasteiger partial charge >= 0.3 is 12.1 Å². The predicted octanol–water partition coefficient (Wildman–Crippen LogP) is 1.34. The normalized spacial score (nSPS) is 9.70. The Bertz CT molecular complexity index is 526. The van der Waals surface area contributed by atoms with Crippen molar-refractivity contribution in [3.8, 4) is 5.75 Å². The SMILES string of the molecule is CCOC(=O)NC(=O)COc1cc(C(=O)O)ccc1C. The summed E-state index contributed by atoms with van der Waals surface area (Å²) in [6.45, 7) is 3.06. The molecule has 0 spiro atoms. The standard InChI is InChI=1S/C13H15NO6/c1-3-19-13(18)14-11(15)7-20-10-6-9(12(16)17)5-4-8(10)2/h4-6H,3,7H2,1-2H3,(H,16,17)(H,14,15,18). The summed E-state index contributed by atoms with van der Waals surface area (Å²) >= 11 is 0. The number of carboxylic acids is 1. The van der Waals surface area contributed by atoms with Gasteiger partial charge in [0.15, 0.2) is 6.61 Å². The Morgan fingerprint density at radius 2 is 2.00 bits per heavy atom. The van der Waals surface area contributed by atoms with Crippen molar-refractivity contribution < 1.29 is 29.0 Å². The number of alkyl carbamates (subject to hydrolysis) is 1. The second-order valence-corrected chi connectivity index (χ2v) is 3.84. The average molecular weight is 281 g/mol. The molecular formula is C13H15NO6. The van der Waals surface area contributed by atoms with E-state index < -0.39 is 24.6 Å². The molecular weight excluding hydrogens is 266 g/mol. The zero-order chi connectivity index (χ0) is 15.1. The highest BCUT2D eigenvalue weighted by Gasteiger charge is 2.11. The number of imide groups is 1. The third-order valence-electron chi connectivity index (χ3n) is 2.31. The molecule has 1 rings (SSSR count). The fourth-order valence-corrected chi connectivity index (χ4v) is 1.35. The molecule has 0 atom stereocenters. The number of carbonyl (C=O) groups is 3. The van der Waals surface area contributed by atoms with E-state index in [1.807, 2.05) is 5.32 Å². The molecule has 0 radical (unpaired) electrons. The van der Waals surface area contributed by atoms with Gasteiger partial charge < -0.3 is 14.6 Å². The van der Waals surface area contributed by atoms with Crippen LogP contribution in [0.2, 0.25) is 0 Å². The molecule has 7 heteroatoms. The lowest BCUT2D eigenvalue weighted by Crippen LogP contribution is -2.34. The second kappa shape index (κ2) is 7.13. The lowest BCUT2D eigenvalue weighted by Gasteiger charge is -2.09. The van der Waals surface area contributed by atoms with Crippen LogP contribution in [0, 0.1) is 6.92 Å². The van der Waals surface area contributed by atoms with Gasteiger partial charge in [0.25, 0.3) is 5.91 Å². The van der Waals surface area contributed by atoms with E-state index in [0.29, 0.717) is 5.56 Å². The van der Waals surface area contributed by atoms with Gasteiger partial charge in [-0.2, -0.15) is 0 Å². The highest BCUT2D eigenvalue weighted by molar-refractivity contribution is 5.92. The van der Waals surface area contributed by atoms with Crippen LogP contribution in [0.5, 0.6) is 5.75 Å². The number of nitrogens with one attached hydrogen (secondary N) is 1. The Hall–Kier alpha value is -2.57. The van der Waals surface area contributed by atoms with Gasteiger partial charge in [-0.05, 0) is 31.5 Å². The summed E-state index contributed by atoms with van der Waals surface area (Å²) < 4.78 is 9.72. The molecule has 0 aliphatic carbocycles. The van der Waals surface area contributed by atoms with E-state index in [4.69, 9.17) is 9.84 Å². The molecule has 0 saturated carbocycles. The number of aromatic carboxylic acids is 1. The Labute approximate surface area is 115 Å². The molecule has 0 bridgehead atoms. The summed E-state index contributed by atoms with van der Waals surface area (Å²) in [5.41, 5.74) is 0.732. The minimum Gasteiger partial charge on any atom is -0.483 e. The first kappa shape index (κ1) is 15.5. The first-order chi connectivity index (χ1) is 9.43. The quantitative estimate of drug-likeness (QED) is 0.844. The van der Waals surface area contributed by atoms with Crippen molar-refractivity contribution >= 4 is 18.0 Å². The van der Waals surface area contributed by atoms with Crippen molar-refractivity contribution in [3.05, 3.63) is 29.3 Å². The fraction of sp³-hybridized carbons (Fsp3) is 0.308. The highest BCUT2D eigenvalue weighted by Crippen LogP contribution is 2.19. The van der Waals surface area contributed by atoms with Gasteiger partial charge in [-0.25, -0.2) is 9.59 Å². The third kappa shape index (κ3) is 4.60. The highest BCUT2D eigenvalue weighted by atomic mass is 16.5. The van der Waals surface area contributed by atoms with Gasteiger partial charge in [-0.3, -0.25) is 10.1 Å². The number of carbonyl (C=O) groups excluding carboxylic acids is 2. The Balaban J connectivity index is 2.61. The van der Waals surface area contributed by atoms with Crippen LogP contribution in [0.1, 0.15) is 22.8 Å². The lowest BCUT2D eigenvalue weighted by atomic mass is 10.1. The number of aryl methyl sites for hydroxylation is 1.